The van der Waals surface area contributed by atoms with Crippen LogP contribution in [0.1, 0.15) is 35.5 Å². The molecule has 1 N–H and O–H groups in total. The molecule has 0 aliphatic carbocycles. The van der Waals surface area contributed by atoms with Gasteiger partial charge in [0.2, 0.25) is 5.91 Å². The lowest BCUT2D eigenvalue weighted by Crippen LogP contribution is -2.49. The van der Waals surface area contributed by atoms with E-state index < -0.39 is 0 Å². The number of nitrogens with zero attached hydrogens (tertiary/aromatic N) is 3. The molecular weight excluding hydrogens is 392 g/mol. The number of thiazole rings is 1. The summed E-state index contributed by atoms with van der Waals surface area (Å²) in [5.74, 6) is 0.113. The molecule has 1 aliphatic heterocycles. The maximum absolute atomic E-state index is 12.6. The molecule has 2 heterocycles. The number of piperazine rings is 1. The Labute approximate surface area is 182 Å². The van der Waals surface area contributed by atoms with Gasteiger partial charge in [-0.1, -0.05) is 48.9 Å². The minimum atomic E-state index is 0.0819. The van der Waals surface area contributed by atoms with E-state index in [-0.39, 0.29) is 11.9 Å². The summed E-state index contributed by atoms with van der Waals surface area (Å²) in [6.45, 7) is 9.34. The van der Waals surface area contributed by atoms with Gasteiger partial charge in [0.1, 0.15) is 5.01 Å². The van der Waals surface area contributed by atoms with E-state index in [1.807, 2.05) is 6.07 Å². The van der Waals surface area contributed by atoms with E-state index in [0.29, 0.717) is 6.54 Å². The van der Waals surface area contributed by atoms with Crippen LogP contribution < -0.4 is 5.32 Å². The van der Waals surface area contributed by atoms with Crippen molar-refractivity contribution in [3.05, 3.63) is 64.7 Å². The molecule has 30 heavy (non-hydrogen) atoms. The van der Waals surface area contributed by atoms with Crippen LogP contribution in [0.25, 0.3) is 10.2 Å². The lowest BCUT2D eigenvalue weighted by Gasteiger charge is -2.34. The van der Waals surface area contributed by atoms with Crippen LogP contribution in [0.5, 0.6) is 0 Å². The summed E-state index contributed by atoms with van der Waals surface area (Å²) >= 11 is 1.78. The van der Waals surface area contributed by atoms with Gasteiger partial charge in [-0.05, 0) is 31.0 Å². The molecule has 1 aromatic heterocycles. The van der Waals surface area contributed by atoms with Gasteiger partial charge < -0.3 is 5.32 Å². The van der Waals surface area contributed by atoms with Crippen LogP contribution in [0.2, 0.25) is 0 Å². The van der Waals surface area contributed by atoms with Crippen molar-refractivity contribution >= 4 is 27.5 Å². The zero-order valence-electron chi connectivity index (χ0n) is 17.8. The van der Waals surface area contributed by atoms with Crippen LogP contribution in [0.15, 0.2) is 48.5 Å². The monoisotopic (exact) mass is 422 g/mol. The SMILES string of the molecule is CC[C@H](NC(=O)CN1CCN(Cc2nc3ccccc3s2)CC1)c1ccc(C)cc1. The van der Waals surface area contributed by atoms with E-state index in [1.165, 1.54) is 20.8 Å². The van der Waals surface area contributed by atoms with Gasteiger partial charge in [-0.2, -0.15) is 0 Å². The molecule has 1 saturated heterocycles. The second-order valence-corrected chi connectivity index (χ2v) is 9.18. The number of nitrogens with one attached hydrogen (secondary N) is 1. The Balaban J connectivity index is 1.24. The predicted molar refractivity (Wildman–Crippen MR) is 124 cm³/mol. The normalized spacial score (nSPS) is 16.6. The van der Waals surface area contributed by atoms with Crippen LogP contribution in [0.4, 0.5) is 0 Å². The topological polar surface area (TPSA) is 48.5 Å². The molecule has 4 rings (SSSR count). The van der Waals surface area contributed by atoms with E-state index in [1.54, 1.807) is 11.3 Å². The van der Waals surface area contributed by atoms with Crippen molar-refractivity contribution in [3.63, 3.8) is 0 Å². The summed E-state index contributed by atoms with van der Waals surface area (Å²) in [7, 11) is 0. The molecule has 1 amide bonds. The quantitative estimate of drug-likeness (QED) is 0.625. The molecule has 1 aliphatic rings. The number of hydrogen-bond donors (Lipinski definition) is 1. The van der Waals surface area contributed by atoms with Gasteiger partial charge in [-0.15, -0.1) is 11.3 Å². The van der Waals surface area contributed by atoms with Gasteiger partial charge >= 0.3 is 0 Å². The summed E-state index contributed by atoms with van der Waals surface area (Å²) in [6.07, 6.45) is 0.894. The van der Waals surface area contributed by atoms with Crippen LogP contribution >= 0.6 is 11.3 Å². The third-order valence-electron chi connectivity index (χ3n) is 5.75. The fraction of sp³-hybridized carbons (Fsp3) is 0.417. The summed E-state index contributed by atoms with van der Waals surface area (Å²) in [5, 5.41) is 4.39. The summed E-state index contributed by atoms with van der Waals surface area (Å²) in [5.41, 5.74) is 3.51. The average molecular weight is 423 g/mol. The highest BCUT2D eigenvalue weighted by Gasteiger charge is 2.21. The van der Waals surface area contributed by atoms with Crippen molar-refractivity contribution in [1.29, 1.82) is 0 Å². The van der Waals surface area contributed by atoms with E-state index in [0.717, 1.165) is 44.7 Å². The molecule has 2 aromatic carbocycles. The number of rotatable bonds is 7. The van der Waals surface area contributed by atoms with Gasteiger partial charge in [0.25, 0.3) is 0 Å². The number of aromatic nitrogens is 1. The second kappa shape index (κ2) is 9.69. The number of para-hydroxylation sites is 1. The molecular formula is C24H30N4OS. The van der Waals surface area contributed by atoms with E-state index >= 15 is 0 Å². The minimum absolute atomic E-state index is 0.0819. The predicted octanol–water partition coefficient (Wildman–Crippen LogP) is 3.99. The lowest BCUT2D eigenvalue weighted by molar-refractivity contribution is -0.123. The summed E-state index contributed by atoms with van der Waals surface area (Å²) in [4.78, 5) is 22.1. The van der Waals surface area contributed by atoms with Crippen molar-refractivity contribution in [3.8, 4) is 0 Å². The number of carbonyl (C=O) groups excluding carboxylic acids is 1. The molecule has 6 heteroatoms. The first kappa shape index (κ1) is 21.0. The van der Waals surface area contributed by atoms with Crippen LogP contribution in [-0.2, 0) is 11.3 Å². The third-order valence-corrected chi connectivity index (χ3v) is 6.77. The molecule has 0 saturated carbocycles. The number of carbonyl (C=O) groups is 1. The van der Waals surface area contributed by atoms with Gasteiger partial charge in [0.15, 0.2) is 0 Å². The van der Waals surface area contributed by atoms with E-state index in [4.69, 9.17) is 4.98 Å². The van der Waals surface area contributed by atoms with Gasteiger partial charge in [-0.3, -0.25) is 14.6 Å². The fourth-order valence-corrected chi connectivity index (χ4v) is 4.96. The van der Waals surface area contributed by atoms with E-state index in [9.17, 15) is 4.79 Å². The van der Waals surface area contributed by atoms with Crippen molar-refractivity contribution in [2.45, 2.75) is 32.9 Å². The molecule has 5 nitrogen and oxygen atoms in total. The zero-order chi connectivity index (χ0) is 20.9. The Kier molecular flexibility index (Phi) is 6.77. The molecule has 0 radical (unpaired) electrons. The highest BCUT2D eigenvalue weighted by atomic mass is 32.1. The first-order chi connectivity index (χ1) is 14.6. The second-order valence-electron chi connectivity index (χ2n) is 8.07. The highest BCUT2D eigenvalue weighted by molar-refractivity contribution is 7.18. The zero-order valence-corrected chi connectivity index (χ0v) is 18.6. The standard InChI is InChI=1S/C24H30N4OS/c1-3-20(19-10-8-18(2)9-11-19)25-23(29)16-27-12-14-28(15-13-27)17-24-26-21-6-4-5-7-22(21)30-24/h4-11,20H,3,12-17H2,1-2H3,(H,25,29)/t20-/m0/s1. The maximum atomic E-state index is 12.6. The van der Waals surface area contributed by atoms with Crippen molar-refractivity contribution in [2.24, 2.45) is 0 Å². The summed E-state index contributed by atoms with van der Waals surface area (Å²) < 4.78 is 1.25. The number of fused-ring (bicyclic) bond motifs is 1. The number of benzene rings is 2. The van der Waals surface area contributed by atoms with Crippen LogP contribution in [0, 0.1) is 6.92 Å². The molecule has 158 valence electrons. The Morgan fingerprint density at radius 1 is 1.07 bits per heavy atom. The largest absolute Gasteiger partial charge is 0.348 e. The van der Waals surface area contributed by atoms with E-state index in [2.05, 4.69) is 71.4 Å². The average Bonchev–Trinajstić information content (AvgIpc) is 3.16. The van der Waals surface area contributed by atoms with Gasteiger partial charge in [0.05, 0.1) is 29.3 Å². The molecule has 1 atom stereocenters. The number of amides is 1. The molecule has 3 aromatic rings. The molecule has 0 unspecified atom stereocenters. The van der Waals surface area contributed by atoms with Crippen molar-refractivity contribution < 1.29 is 4.79 Å². The first-order valence-electron chi connectivity index (χ1n) is 10.8. The Hall–Kier alpha value is -2.28. The van der Waals surface area contributed by atoms with Crippen molar-refractivity contribution in [1.82, 2.24) is 20.1 Å². The smallest absolute Gasteiger partial charge is 0.234 e. The summed E-state index contributed by atoms with van der Waals surface area (Å²) in [6, 6.07) is 16.8. The molecule has 1 fully saturated rings. The maximum Gasteiger partial charge on any atom is 0.234 e. The first-order valence-corrected chi connectivity index (χ1v) is 11.6. The van der Waals surface area contributed by atoms with Crippen LogP contribution in [-0.4, -0.2) is 53.4 Å². The lowest BCUT2D eigenvalue weighted by atomic mass is 10.0. The minimum Gasteiger partial charge on any atom is -0.348 e. The third kappa shape index (κ3) is 5.25. The van der Waals surface area contributed by atoms with Gasteiger partial charge in [-0.25, -0.2) is 4.98 Å². The fourth-order valence-electron chi connectivity index (χ4n) is 3.95. The van der Waals surface area contributed by atoms with Crippen molar-refractivity contribution in [2.75, 3.05) is 32.7 Å². The highest BCUT2D eigenvalue weighted by Crippen LogP contribution is 2.23. The van der Waals surface area contributed by atoms with Crippen LogP contribution in [0.3, 0.4) is 0 Å². The molecule has 0 bridgehead atoms. The number of aryl methyl sites for hydroxylation is 1. The van der Waals surface area contributed by atoms with Gasteiger partial charge in [0, 0.05) is 26.2 Å². The Morgan fingerprint density at radius 3 is 2.47 bits per heavy atom. The number of hydrogen-bond acceptors (Lipinski definition) is 5. The Bertz CT molecular complexity index is 943. The Morgan fingerprint density at radius 2 is 1.77 bits per heavy atom. The molecule has 0 spiro atoms.